The molecule has 0 saturated carbocycles. The normalized spacial score (nSPS) is 10.3. The van der Waals surface area contributed by atoms with Crippen LogP contribution in [-0.4, -0.2) is 36.2 Å². The molecule has 5 heteroatoms. The second-order valence-corrected chi connectivity index (χ2v) is 5.42. The first-order valence-electron chi connectivity index (χ1n) is 5.84. The number of carboxylic acid groups (broad SMARTS) is 1. The molecule has 100 valence electrons. The Labute approximate surface area is 117 Å². The first-order valence-corrected chi connectivity index (χ1v) is 7.62. The number of halogens is 1. The van der Waals surface area contributed by atoms with Gasteiger partial charge in [-0.25, -0.2) is 0 Å². The van der Waals surface area contributed by atoms with Crippen molar-refractivity contribution >= 4 is 35.0 Å². The molecule has 0 amide bonds. The number of carbonyl (C=O) groups is 1. The lowest BCUT2D eigenvalue weighted by Gasteiger charge is -2.23. The van der Waals surface area contributed by atoms with E-state index in [4.69, 9.17) is 16.7 Å². The van der Waals surface area contributed by atoms with Crippen molar-refractivity contribution in [3.63, 3.8) is 0 Å². The average molecular weight is 288 g/mol. The van der Waals surface area contributed by atoms with Crippen molar-refractivity contribution in [3.8, 4) is 0 Å². The van der Waals surface area contributed by atoms with Crippen LogP contribution < -0.4 is 4.90 Å². The molecule has 18 heavy (non-hydrogen) atoms. The molecule has 0 aliphatic heterocycles. The Morgan fingerprint density at radius 1 is 1.44 bits per heavy atom. The van der Waals surface area contributed by atoms with Gasteiger partial charge in [-0.3, -0.25) is 4.79 Å². The van der Waals surface area contributed by atoms with Gasteiger partial charge >= 0.3 is 5.97 Å². The van der Waals surface area contributed by atoms with Crippen LogP contribution in [0, 0.1) is 0 Å². The second-order valence-electron chi connectivity index (χ2n) is 4.00. The number of rotatable bonds is 8. The summed E-state index contributed by atoms with van der Waals surface area (Å²) in [6, 6.07) is 7.33. The van der Waals surface area contributed by atoms with Crippen LogP contribution in [0.3, 0.4) is 0 Å². The molecule has 0 bridgehead atoms. The van der Waals surface area contributed by atoms with Crippen LogP contribution >= 0.6 is 23.4 Å². The Morgan fingerprint density at radius 2 is 2.22 bits per heavy atom. The van der Waals surface area contributed by atoms with Crippen LogP contribution in [0.5, 0.6) is 0 Å². The number of aliphatic carboxylic acids is 1. The van der Waals surface area contributed by atoms with Crippen LogP contribution in [0.4, 0.5) is 5.69 Å². The van der Waals surface area contributed by atoms with Crippen molar-refractivity contribution < 1.29 is 9.90 Å². The smallest absolute Gasteiger partial charge is 0.323 e. The molecule has 0 unspecified atom stereocenters. The SMILES string of the molecule is CSCCCCN(CC(=O)O)c1cccc(Cl)c1. The van der Waals surface area contributed by atoms with Crippen LogP contribution in [0.2, 0.25) is 5.02 Å². The molecule has 1 aromatic rings. The maximum absolute atomic E-state index is 10.9. The van der Waals surface area contributed by atoms with Gasteiger partial charge in [0.25, 0.3) is 0 Å². The summed E-state index contributed by atoms with van der Waals surface area (Å²) in [6.07, 6.45) is 4.16. The van der Waals surface area contributed by atoms with E-state index >= 15 is 0 Å². The van der Waals surface area contributed by atoms with Gasteiger partial charge in [-0.15, -0.1) is 0 Å². The molecule has 0 heterocycles. The summed E-state index contributed by atoms with van der Waals surface area (Å²) in [5.74, 6) is 0.288. The van der Waals surface area contributed by atoms with Crippen LogP contribution in [-0.2, 0) is 4.79 Å². The molecule has 0 fully saturated rings. The third-order valence-corrected chi connectivity index (χ3v) is 3.46. The zero-order valence-electron chi connectivity index (χ0n) is 10.4. The number of hydrogen-bond donors (Lipinski definition) is 1. The predicted molar refractivity (Wildman–Crippen MR) is 78.9 cm³/mol. The van der Waals surface area contributed by atoms with Gasteiger partial charge in [-0.05, 0) is 43.0 Å². The van der Waals surface area contributed by atoms with Gasteiger partial charge in [0, 0.05) is 17.3 Å². The van der Waals surface area contributed by atoms with Gasteiger partial charge in [0.2, 0.25) is 0 Å². The molecule has 0 aromatic heterocycles. The summed E-state index contributed by atoms with van der Waals surface area (Å²) in [5, 5.41) is 9.57. The molecule has 0 spiro atoms. The summed E-state index contributed by atoms with van der Waals surface area (Å²) in [5.41, 5.74) is 0.869. The maximum Gasteiger partial charge on any atom is 0.323 e. The maximum atomic E-state index is 10.9. The molecule has 3 nitrogen and oxygen atoms in total. The zero-order chi connectivity index (χ0) is 13.4. The molecule has 1 aromatic carbocycles. The van der Waals surface area contributed by atoms with E-state index in [-0.39, 0.29) is 6.54 Å². The number of carboxylic acids is 1. The van der Waals surface area contributed by atoms with E-state index in [1.54, 1.807) is 12.1 Å². The van der Waals surface area contributed by atoms with E-state index in [9.17, 15) is 4.79 Å². The molecule has 1 N–H and O–H groups in total. The third kappa shape index (κ3) is 5.65. The van der Waals surface area contributed by atoms with E-state index in [0.717, 1.165) is 30.8 Å². The van der Waals surface area contributed by atoms with E-state index in [1.165, 1.54) is 0 Å². The largest absolute Gasteiger partial charge is 0.480 e. The molecule has 1 rings (SSSR count). The Hall–Kier alpha value is -0.870. The second kappa shape index (κ2) is 8.27. The minimum atomic E-state index is -0.820. The standard InChI is InChI=1S/C13H18ClNO2S/c1-18-8-3-2-7-15(10-13(16)17)12-6-4-5-11(14)9-12/h4-6,9H,2-3,7-8,10H2,1H3,(H,16,17). The summed E-state index contributed by atoms with van der Waals surface area (Å²) in [4.78, 5) is 12.7. The fourth-order valence-electron chi connectivity index (χ4n) is 1.68. The quantitative estimate of drug-likeness (QED) is 0.744. The summed E-state index contributed by atoms with van der Waals surface area (Å²) in [7, 11) is 0. The molecular weight excluding hydrogens is 270 g/mol. The van der Waals surface area contributed by atoms with Crippen molar-refractivity contribution in [1.29, 1.82) is 0 Å². The number of hydrogen-bond acceptors (Lipinski definition) is 3. The predicted octanol–water partition coefficient (Wildman–Crippen LogP) is 3.37. The van der Waals surface area contributed by atoms with E-state index in [2.05, 4.69) is 6.26 Å². The molecule has 0 saturated heterocycles. The lowest BCUT2D eigenvalue weighted by Crippen LogP contribution is -2.30. The Morgan fingerprint density at radius 3 is 2.83 bits per heavy atom. The summed E-state index contributed by atoms with van der Waals surface area (Å²) >= 11 is 7.74. The lowest BCUT2D eigenvalue weighted by atomic mass is 10.2. The monoisotopic (exact) mass is 287 g/mol. The summed E-state index contributed by atoms with van der Waals surface area (Å²) in [6.45, 7) is 0.757. The number of thioether (sulfide) groups is 1. The van der Waals surface area contributed by atoms with Crippen molar-refractivity contribution in [2.24, 2.45) is 0 Å². The number of anilines is 1. The third-order valence-electron chi connectivity index (χ3n) is 2.53. The molecule has 0 aliphatic carbocycles. The highest BCUT2D eigenvalue weighted by atomic mass is 35.5. The number of benzene rings is 1. The van der Waals surface area contributed by atoms with Crippen LogP contribution in [0.25, 0.3) is 0 Å². The van der Waals surface area contributed by atoms with Gasteiger partial charge in [-0.1, -0.05) is 17.7 Å². The zero-order valence-corrected chi connectivity index (χ0v) is 12.0. The van der Waals surface area contributed by atoms with Crippen molar-refractivity contribution in [2.45, 2.75) is 12.8 Å². The minimum absolute atomic E-state index is 0.0135. The fraction of sp³-hybridized carbons (Fsp3) is 0.462. The molecule has 0 radical (unpaired) electrons. The van der Waals surface area contributed by atoms with Crippen LogP contribution in [0.15, 0.2) is 24.3 Å². The van der Waals surface area contributed by atoms with Crippen molar-refractivity contribution in [3.05, 3.63) is 29.3 Å². The first-order chi connectivity index (χ1) is 8.63. The van der Waals surface area contributed by atoms with E-state index in [0.29, 0.717) is 5.02 Å². The average Bonchev–Trinajstić information content (AvgIpc) is 2.32. The Balaban J connectivity index is 2.62. The van der Waals surface area contributed by atoms with Crippen LogP contribution in [0.1, 0.15) is 12.8 Å². The van der Waals surface area contributed by atoms with Gasteiger partial charge in [0.15, 0.2) is 0 Å². The van der Waals surface area contributed by atoms with Gasteiger partial charge in [-0.2, -0.15) is 11.8 Å². The van der Waals surface area contributed by atoms with Gasteiger partial charge in [0.05, 0.1) is 0 Å². The Kier molecular flexibility index (Phi) is 6.98. The Bertz CT molecular complexity index is 387. The number of unbranched alkanes of at least 4 members (excludes halogenated alkanes) is 1. The van der Waals surface area contributed by atoms with Crippen molar-refractivity contribution in [2.75, 3.05) is 30.0 Å². The highest BCUT2D eigenvalue weighted by Gasteiger charge is 2.10. The molecule has 0 aliphatic rings. The topological polar surface area (TPSA) is 40.5 Å². The first kappa shape index (κ1) is 15.2. The van der Waals surface area contributed by atoms with Gasteiger partial charge < -0.3 is 10.0 Å². The van der Waals surface area contributed by atoms with E-state index < -0.39 is 5.97 Å². The highest BCUT2D eigenvalue weighted by molar-refractivity contribution is 7.98. The van der Waals surface area contributed by atoms with E-state index in [1.807, 2.05) is 28.8 Å². The highest BCUT2D eigenvalue weighted by Crippen LogP contribution is 2.20. The number of nitrogens with zero attached hydrogens (tertiary/aromatic N) is 1. The fourth-order valence-corrected chi connectivity index (χ4v) is 2.36. The minimum Gasteiger partial charge on any atom is -0.480 e. The van der Waals surface area contributed by atoms with Crippen molar-refractivity contribution in [1.82, 2.24) is 0 Å². The molecular formula is C13H18ClNO2S. The lowest BCUT2D eigenvalue weighted by molar-refractivity contribution is -0.135. The van der Waals surface area contributed by atoms with Gasteiger partial charge in [0.1, 0.15) is 6.54 Å². The summed E-state index contributed by atoms with van der Waals surface area (Å²) < 4.78 is 0. The molecule has 0 atom stereocenters.